The van der Waals surface area contributed by atoms with Gasteiger partial charge in [-0.2, -0.15) is 0 Å². The number of carbonyl (C=O) groups excluding carboxylic acids is 1. The van der Waals surface area contributed by atoms with Crippen LogP contribution in [0.25, 0.3) is 0 Å². The molecule has 1 aliphatic heterocycles. The maximum Gasteiger partial charge on any atom is 0.410 e. The standard InChI is InChI=1S/C23H27ClN2O2.ClH/c24-19-8-4-7-18(14-19)23(16-25)11-9-20(10-12-23)26-21(15-28-22(26)27)13-17-5-2-1-3-6-17;/h1-8,14,20-21H,9-13,15-16,25H2;1H/t20-,21-,23-;/m0./s1. The van der Waals surface area contributed by atoms with Gasteiger partial charge in [-0.15, -0.1) is 12.4 Å². The number of ether oxygens (including phenoxy) is 1. The normalized spacial score (nSPS) is 26.7. The molecule has 1 saturated heterocycles. The Morgan fingerprint density at radius 3 is 2.48 bits per heavy atom. The van der Waals surface area contributed by atoms with E-state index in [9.17, 15) is 4.79 Å². The van der Waals surface area contributed by atoms with Gasteiger partial charge in [-0.25, -0.2) is 4.79 Å². The van der Waals surface area contributed by atoms with Crippen molar-refractivity contribution in [3.8, 4) is 0 Å². The minimum absolute atomic E-state index is 0. The number of rotatable bonds is 5. The van der Waals surface area contributed by atoms with E-state index >= 15 is 0 Å². The van der Waals surface area contributed by atoms with E-state index in [1.54, 1.807) is 0 Å². The fourth-order valence-corrected chi connectivity index (χ4v) is 5.01. The van der Waals surface area contributed by atoms with Crippen molar-refractivity contribution < 1.29 is 9.53 Å². The maximum atomic E-state index is 12.5. The lowest BCUT2D eigenvalue weighted by molar-refractivity contribution is 0.117. The summed E-state index contributed by atoms with van der Waals surface area (Å²) >= 11 is 6.22. The van der Waals surface area contributed by atoms with Crippen LogP contribution in [0.5, 0.6) is 0 Å². The maximum absolute atomic E-state index is 12.5. The number of amides is 1. The highest BCUT2D eigenvalue weighted by atomic mass is 35.5. The second kappa shape index (κ2) is 9.38. The quantitative estimate of drug-likeness (QED) is 0.722. The highest BCUT2D eigenvalue weighted by Gasteiger charge is 2.43. The second-order valence-electron chi connectivity index (χ2n) is 8.05. The zero-order valence-corrected chi connectivity index (χ0v) is 18.0. The summed E-state index contributed by atoms with van der Waals surface area (Å²) in [6, 6.07) is 18.7. The number of nitrogens with two attached hydrogens (primary N) is 1. The first-order chi connectivity index (χ1) is 13.6. The molecule has 0 aromatic heterocycles. The summed E-state index contributed by atoms with van der Waals surface area (Å²) in [7, 11) is 0. The molecule has 2 aliphatic rings. The molecule has 2 fully saturated rings. The summed E-state index contributed by atoms with van der Waals surface area (Å²) < 4.78 is 5.43. The Morgan fingerprint density at radius 1 is 1.10 bits per heavy atom. The molecule has 4 nitrogen and oxygen atoms in total. The van der Waals surface area contributed by atoms with Crippen LogP contribution >= 0.6 is 24.0 Å². The highest BCUT2D eigenvalue weighted by Crippen LogP contribution is 2.42. The largest absolute Gasteiger partial charge is 0.447 e. The Balaban J connectivity index is 0.00000240. The summed E-state index contributed by atoms with van der Waals surface area (Å²) in [4.78, 5) is 14.5. The summed E-state index contributed by atoms with van der Waals surface area (Å²) in [6.45, 7) is 1.07. The monoisotopic (exact) mass is 434 g/mol. The molecule has 4 rings (SSSR count). The number of carbonyl (C=O) groups is 1. The van der Waals surface area contributed by atoms with E-state index in [-0.39, 0.29) is 36.0 Å². The van der Waals surface area contributed by atoms with E-state index in [1.165, 1.54) is 11.1 Å². The first-order valence-electron chi connectivity index (χ1n) is 10.1. The van der Waals surface area contributed by atoms with Gasteiger partial charge in [-0.3, -0.25) is 4.90 Å². The van der Waals surface area contributed by atoms with Gasteiger partial charge in [0.1, 0.15) is 6.61 Å². The summed E-state index contributed by atoms with van der Waals surface area (Å²) in [5, 5.41) is 0.749. The Morgan fingerprint density at radius 2 is 1.83 bits per heavy atom. The van der Waals surface area contributed by atoms with Crippen molar-refractivity contribution in [2.45, 2.75) is 49.6 Å². The number of halogens is 2. The van der Waals surface area contributed by atoms with E-state index in [0.29, 0.717) is 13.2 Å². The van der Waals surface area contributed by atoms with Crippen LogP contribution in [0.1, 0.15) is 36.8 Å². The van der Waals surface area contributed by atoms with Gasteiger partial charge < -0.3 is 10.5 Å². The average Bonchev–Trinajstić information content (AvgIpc) is 3.09. The van der Waals surface area contributed by atoms with Crippen LogP contribution in [-0.4, -0.2) is 36.2 Å². The predicted octanol–water partition coefficient (Wildman–Crippen LogP) is 4.96. The van der Waals surface area contributed by atoms with Gasteiger partial charge in [0.15, 0.2) is 0 Å². The van der Waals surface area contributed by atoms with E-state index in [0.717, 1.165) is 37.1 Å². The Hall–Kier alpha value is -1.75. The third-order valence-corrected chi connectivity index (χ3v) is 6.69. The molecule has 6 heteroatoms. The van der Waals surface area contributed by atoms with Crippen LogP contribution in [0, 0.1) is 0 Å². The van der Waals surface area contributed by atoms with Crippen LogP contribution in [0.2, 0.25) is 5.02 Å². The van der Waals surface area contributed by atoms with E-state index in [1.807, 2.05) is 41.3 Å². The van der Waals surface area contributed by atoms with Gasteiger partial charge in [0.05, 0.1) is 6.04 Å². The molecule has 1 atom stereocenters. The van der Waals surface area contributed by atoms with Crippen LogP contribution in [0.3, 0.4) is 0 Å². The molecule has 1 saturated carbocycles. The van der Waals surface area contributed by atoms with Crippen LogP contribution in [0.4, 0.5) is 4.79 Å². The number of hydrogen-bond donors (Lipinski definition) is 1. The number of hydrogen-bond acceptors (Lipinski definition) is 3. The number of nitrogens with zero attached hydrogens (tertiary/aromatic N) is 1. The van der Waals surface area contributed by atoms with Crippen LogP contribution in [0.15, 0.2) is 54.6 Å². The van der Waals surface area contributed by atoms with Gasteiger partial charge in [-0.05, 0) is 55.4 Å². The van der Waals surface area contributed by atoms with E-state index < -0.39 is 0 Å². The van der Waals surface area contributed by atoms with Crippen molar-refractivity contribution in [1.29, 1.82) is 0 Å². The molecule has 0 unspecified atom stereocenters. The van der Waals surface area contributed by atoms with Crippen molar-refractivity contribution in [2.75, 3.05) is 13.2 Å². The smallest absolute Gasteiger partial charge is 0.410 e. The lowest BCUT2D eigenvalue weighted by Gasteiger charge is -2.43. The molecule has 0 bridgehead atoms. The molecule has 29 heavy (non-hydrogen) atoms. The minimum Gasteiger partial charge on any atom is -0.447 e. The van der Waals surface area contributed by atoms with Crippen molar-refractivity contribution in [3.63, 3.8) is 0 Å². The van der Waals surface area contributed by atoms with Crippen LogP contribution < -0.4 is 5.73 Å². The summed E-state index contributed by atoms with van der Waals surface area (Å²) in [6.07, 6.45) is 4.44. The van der Waals surface area contributed by atoms with Crippen molar-refractivity contribution >= 4 is 30.1 Å². The Bertz CT molecular complexity index is 823. The first-order valence-corrected chi connectivity index (χ1v) is 10.4. The molecular formula is C23H28Cl2N2O2. The lowest BCUT2D eigenvalue weighted by atomic mass is 9.68. The number of cyclic esters (lactones) is 1. The van der Waals surface area contributed by atoms with Crippen LogP contribution in [-0.2, 0) is 16.6 Å². The Kier molecular flexibility index (Phi) is 7.10. The molecule has 0 spiro atoms. The third kappa shape index (κ3) is 4.55. The van der Waals surface area contributed by atoms with Gasteiger partial charge in [-0.1, -0.05) is 54.1 Å². The highest BCUT2D eigenvalue weighted by molar-refractivity contribution is 6.30. The fraction of sp³-hybridized carbons (Fsp3) is 0.435. The van der Waals surface area contributed by atoms with Crippen molar-refractivity contribution in [2.24, 2.45) is 5.73 Å². The second-order valence-corrected chi connectivity index (χ2v) is 8.49. The van der Waals surface area contributed by atoms with Gasteiger partial charge in [0, 0.05) is 23.0 Å². The SMILES string of the molecule is Cl.NC[C@]1(c2cccc(Cl)c2)CC[C@H](N2C(=O)OC[C@@H]2Cc2ccccc2)CC1. The third-order valence-electron chi connectivity index (χ3n) is 6.45. The Labute approximate surface area is 183 Å². The van der Waals surface area contributed by atoms with Crippen molar-refractivity contribution in [3.05, 3.63) is 70.7 Å². The van der Waals surface area contributed by atoms with Crippen molar-refractivity contribution in [1.82, 2.24) is 4.90 Å². The van der Waals surface area contributed by atoms with Gasteiger partial charge in [0.2, 0.25) is 0 Å². The van der Waals surface area contributed by atoms with Gasteiger partial charge in [0.25, 0.3) is 0 Å². The molecular weight excluding hydrogens is 407 g/mol. The average molecular weight is 435 g/mol. The molecule has 2 aromatic rings. The predicted molar refractivity (Wildman–Crippen MR) is 119 cm³/mol. The number of benzene rings is 2. The first kappa shape index (κ1) is 21.9. The molecule has 1 amide bonds. The van der Waals surface area contributed by atoms with E-state index in [2.05, 4.69) is 18.2 Å². The zero-order chi connectivity index (χ0) is 19.6. The van der Waals surface area contributed by atoms with Gasteiger partial charge >= 0.3 is 6.09 Å². The zero-order valence-electron chi connectivity index (χ0n) is 16.4. The minimum atomic E-state index is -0.172. The summed E-state index contributed by atoms with van der Waals surface area (Å²) in [5.41, 5.74) is 8.62. The molecule has 1 aliphatic carbocycles. The molecule has 1 heterocycles. The molecule has 0 radical (unpaired) electrons. The lowest BCUT2D eigenvalue weighted by Crippen LogP contribution is -2.49. The summed E-state index contributed by atoms with van der Waals surface area (Å²) in [5.74, 6) is 0. The molecule has 2 aromatic carbocycles. The van der Waals surface area contributed by atoms with E-state index in [4.69, 9.17) is 22.1 Å². The topological polar surface area (TPSA) is 55.6 Å². The molecule has 156 valence electrons. The molecule has 2 N–H and O–H groups in total. The fourth-order valence-electron chi connectivity index (χ4n) is 4.82.